The van der Waals surface area contributed by atoms with Crippen molar-refractivity contribution in [2.75, 3.05) is 12.8 Å². The summed E-state index contributed by atoms with van der Waals surface area (Å²) in [6, 6.07) is 10.6. The minimum Gasteiger partial charge on any atom is -0.496 e. The molecule has 0 heterocycles. The van der Waals surface area contributed by atoms with E-state index in [-0.39, 0.29) is 5.82 Å². The van der Waals surface area contributed by atoms with E-state index >= 15 is 0 Å². The molecule has 0 radical (unpaired) electrons. The van der Waals surface area contributed by atoms with Crippen molar-refractivity contribution in [1.29, 1.82) is 0 Å². The molecule has 19 heavy (non-hydrogen) atoms. The first-order chi connectivity index (χ1) is 9.08. The summed E-state index contributed by atoms with van der Waals surface area (Å²) >= 11 is 1.54. The van der Waals surface area contributed by atoms with Crippen molar-refractivity contribution in [1.82, 2.24) is 0 Å². The van der Waals surface area contributed by atoms with Crippen LogP contribution in [0.25, 0.3) is 0 Å². The number of anilines is 1. The van der Waals surface area contributed by atoms with Gasteiger partial charge in [-0.05, 0) is 31.2 Å². The van der Waals surface area contributed by atoms with E-state index in [9.17, 15) is 4.39 Å². The van der Waals surface area contributed by atoms with Gasteiger partial charge in [0.05, 0.1) is 7.11 Å². The third-order valence-corrected chi connectivity index (χ3v) is 3.75. The van der Waals surface area contributed by atoms with E-state index in [4.69, 9.17) is 10.5 Å². The van der Waals surface area contributed by atoms with E-state index in [0.29, 0.717) is 11.4 Å². The fourth-order valence-electron chi connectivity index (χ4n) is 1.85. The van der Waals surface area contributed by atoms with Gasteiger partial charge in [0.15, 0.2) is 0 Å². The molecule has 0 aliphatic heterocycles. The summed E-state index contributed by atoms with van der Waals surface area (Å²) in [6.45, 7) is 2.04. The third-order valence-electron chi connectivity index (χ3n) is 2.72. The summed E-state index contributed by atoms with van der Waals surface area (Å²) in [6.07, 6.45) is 0. The van der Waals surface area contributed by atoms with Crippen molar-refractivity contribution < 1.29 is 9.13 Å². The number of rotatable bonds is 4. The normalized spacial score (nSPS) is 10.5. The SMILES string of the molecule is COc1ccc(C)cc1CSc1cc(N)cc(F)c1. The van der Waals surface area contributed by atoms with Crippen LogP contribution >= 0.6 is 11.8 Å². The highest BCUT2D eigenvalue weighted by Crippen LogP contribution is 2.30. The Balaban J connectivity index is 2.16. The molecule has 0 bridgehead atoms. The Morgan fingerprint density at radius 1 is 1.21 bits per heavy atom. The van der Waals surface area contributed by atoms with Crippen LogP contribution < -0.4 is 10.5 Å². The van der Waals surface area contributed by atoms with Crippen molar-refractivity contribution in [3.8, 4) is 5.75 Å². The summed E-state index contributed by atoms with van der Waals surface area (Å²) in [5, 5.41) is 0. The van der Waals surface area contributed by atoms with Gasteiger partial charge in [0.25, 0.3) is 0 Å². The fraction of sp³-hybridized carbons (Fsp3) is 0.200. The first kappa shape index (κ1) is 13.7. The van der Waals surface area contributed by atoms with Crippen LogP contribution in [0.15, 0.2) is 41.3 Å². The van der Waals surface area contributed by atoms with Crippen molar-refractivity contribution in [3.05, 3.63) is 53.3 Å². The number of nitrogens with two attached hydrogens (primary N) is 1. The van der Waals surface area contributed by atoms with E-state index in [1.54, 1.807) is 24.9 Å². The average molecular weight is 277 g/mol. The molecule has 2 nitrogen and oxygen atoms in total. The molecule has 0 saturated carbocycles. The number of halogens is 1. The highest BCUT2D eigenvalue weighted by Gasteiger charge is 2.05. The van der Waals surface area contributed by atoms with Crippen molar-refractivity contribution in [2.45, 2.75) is 17.6 Å². The molecule has 0 spiro atoms. The molecule has 0 fully saturated rings. The molecule has 2 aromatic rings. The molecule has 100 valence electrons. The molecule has 2 rings (SSSR count). The van der Waals surface area contributed by atoms with Gasteiger partial charge in [0.1, 0.15) is 11.6 Å². The zero-order valence-corrected chi connectivity index (χ0v) is 11.8. The van der Waals surface area contributed by atoms with Crippen molar-refractivity contribution in [3.63, 3.8) is 0 Å². The lowest BCUT2D eigenvalue weighted by atomic mass is 10.1. The number of ether oxygens (including phenoxy) is 1. The van der Waals surface area contributed by atoms with Crippen LogP contribution in [0.4, 0.5) is 10.1 Å². The Morgan fingerprint density at radius 3 is 2.68 bits per heavy atom. The molecule has 0 saturated heterocycles. The van der Waals surface area contributed by atoms with E-state index < -0.39 is 0 Å². The fourth-order valence-corrected chi connectivity index (χ4v) is 2.81. The molecule has 0 aromatic heterocycles. The molecule has 2 aromatic carbocycles. The van der Waals surface area contributed by atoms with E-state index in [2.05, 4.69) is 6.07 Å². The zero-order valence-electron chi connectivity index (χ0n) is 10.9. The molecule has 0 unspecified atom stereocenters. The largest absolute Gasteiger partial charge is 0.496 e. The van der Waals surface area contributed by atoms with Gasteiger partial charge < -0.3 is 10.5 Å². The second kappa shape index (κ2) is 5.97. The molecule has 0 atom stereocenters. The van der Waals surface area contributed by atoms with Crippen LogP contribution in [0.5, 0.6) is 5.75 Å². The molecular weight excluding hydrogens is 261 g/mol. The quantitative estimate of drug-likeness (QED) is 0.677. The van der Waals surface area contributed by atoms with Gasteiger partial charge in [-0.25, -0.2) is 4.39 Å². The monoisotopic (exact) mass is 277 g/mol. The van der Waals surface area contributed by atoms with Gasteiger partial charge in [-0.15, -0.1) is 11.8 Å². The molecule has 0 aliphatic carbocycles. The standard InChI is InChI=1S/C15H16FNOS/c1-10-3-4-15(18-2)11(5-10)9-19-14-7-12(16)6-13(17)8-14/h3-8H,9,17H2,1-2H3. The minimum absolute atomic E-state index is 0.307. The molecule has 0 aliphatic rings. The van der Waals surface area contributed by atoms with Crippen molar-refractivity contribution >= 4 is 17.4 Å². The van der Waals surface area contributed by atoms with E-state index in [0.717, 1.165) is 16.2 Å². The Morgan fingerprint density at radius 2 is 2.00 bits per heavy atom. The number of hydrogen-bond acceptors (Lipinski definition) is 3. The predicted octanol–water partition coefficient (Wildman–Crippen LogP) is 4.02. The molecular formula is C15H16FNOS. The summed E-state index contributed by atoms with van der Waals surface area (Å²) < 4.78 is 18.6. The van der Waals surface area contributed by atoms with Crippen LogP contribution in [0.2, 0.25) is 0 Å². The summed E-state index contributed by atoms with van der Waals surface area (Å²) in [5.41, 5.74) is 8.34. The minimum atomic E-state index is -0.307. The zero-order chi connectivity index (χ0) is 13.8. The van der Waals surface area contributed by atoms with Gasteiger partial charge in [-0.2, -0.15) is 0 Å². The Bertz CT molecular complexity index is 566. The van der Waals surface area contributed by atoms with Crippen molar-refractivity contribution in [2.24, 2.45) is 0 Å². The van der Waals surface area contributed by atoms with Gasteiger partial charge in [0.2, 0.25) is 0 Å². The predicted molar refractivity (Wildman–Crippen MR) is 78.1 cm³/mol. The lowest BCUT2D eigenvalue weighted by Crippen LogP contribution is -1.92. The summed E-state index contributed by atoms with van der Waals surface area (Å²) in [4.78, 5) is 0.820. The van der Waals surface area contributed by atoms with Crippen LogP contribution in [-0.2, 0) is 5.75 Å². The number of benzene rings is 2. The highest BCUT2D eigenvalue weighted by molar-refractivity contribution is 7.98. The third kappa shape index (κ3) is 3.64. The number of thioether (sulfide) groups is 1. The second-order valence-electron chi connectivity index (χ2n) is 4.32. The first-order valence-corrected chi connectivity index (χ1v) is 6.89. The van der Waals surface area contributed by atoms with Crippen LogP contribution in [0.3, 0.4) is 0 Å². The summed E-state index contributed by atoms with van der Waals surface area (Å²) in [7, 11) is 1.65. The number of methoxy groups -OCH3 is 1. The van der Waals surface area contributed by atoms with Crippen LogP contribution in [0.1, 0.15) is 11.1 Å². The van der Waals surface area contributed by atoms with Gasteiger partial charge in [-0.1, -0.05) is 17.7 Å². The maximum atomic E-state index is 13.2. The maximum Gasteiger partial charge on any atom is 0.126 e. The summed E-state index contributed by atoms with van der Waals surface area (Å²) in [5.74, 6) is 1.26. The van der Waals surface area contributed by atoms with E-state index in [1.165, 1.54) is 17.7 Å². The van der Waals surface area contributed by atoms with Gasteiger partial charge in [-0.3, -0.25) is 0 Å². The number of nitrogen functional groups attached to an aromatic ring is 1. The lowest BCUT2D eigenvalue weighted by molar-refractivity contribution is 0.411. The number of hydrogen-bond donors (Lipinski definition) is 1. The van der Waals surface area contributed by atoms with E-state index in [1.807, 2.05) is 19.1 Å². The smallest absolute Gasteiger partial charge is 0.126 e. The van der Waals surface area contributed by atoms with Gasteiger partial charge >= 0.3 is 0 Å². The Hall–Kier alpha value is -1.68. The molecule has 0 amide bonds. The first-order valence-electron chi connectivity index (χ1n) is 5.91. The number of aryl methyl sites for hydroxylation is 1. The highest BCUT2D eigenvalue weighted by atomic mass is 32.2. The Kier molecular flexibility index (Phi) is 4.32. The molecule has 2 N–H and O–H groups in total. The van der Waals surface area contributed by atoms with Gasteiger partial charge in [0, 0.05) is 21.9 Å². The van der Waals surface area contributed by atoms with Crippen LogP contribution in [-0.4, -0.2) is 7.11 Å². The van der Waals surface area contributed by atoms with Crippen LogP contribution in [0, 0.1) is 12.7 Å². The maximum absolute atomic E-state index is 13.2. The molecule has 4 heteroatoms. The average Bonchev–Trinajstić information content (AvgIpc) is 2.35. The second-order valence-corrected chi connectivity index (χ2v) is 5.37. The Labute approximate surface area is 116 Å². The topological polar surface area (TPSA) is 35.2 Å². The lowest BCUT2D eigenvalue weighted by Gasteiger charge is -2.09.